The fourth-order valence-electron chi connectivity index (χ4n) is 5.75. The third-order valence-electron chi connectivity index (χ3n) is 8.53. The average molecular weight is 610 g/mol. The lowest BCUT2D eigenvalue weighted by molar-refractivity contribution is -0.150. The van der Waals surface area contributed by atoms with Gasteiger partial charge in [-0.2, -0.15) is 0 Å². The quantitative estimate of drug-likeness (QED) is 0.0559. The number of ether oxygens (including phenoxy) is 1. The van der Waals surface area contributed by atoms with Gasteiger partial charge in [-0.05, 0) is 38.5 Å². The Morgan fingerprint density at radius 1 is 0.512 bits per heavy atom. The molecule has 0 aromatic carbocycles. The van der Waals surface area contributed by atoms with Crippen LogP contribution < -0.4 is 5.32 Å². The number of unbranched alkanes of at least 4 members (excludes halogenated alkanes) is 23. The summed E-state index contributed by atoms with van der Waals surface area (Å²) in [7, 11) is 0. The zero-order valence-corrected chi connectivity index (χ0v) is 28.6. The molecule has 0 saturated carbocycles. The van der Waals surface area contributed by atoms with E-state index in [1.807, 2.05) is 0 Å². The zero-order chi connectivity index (χ0) is 31.6. The van der Waals surface area contributed by atoms with Gasteiger partial charge in [-0.3, -0.25) is 14.4 Å². The summed E-state index contributed by atoms with van der Waals surface area (Å²) < 4.78 is 5.99. The van der Waals surface area contributed by atoms with Gasteiger partial charge in [-0.25, -0.2) is 0 Å². The highest BCUT2D eigenvalue weighted by molar-refractivity contribution is 5.80. The maximum Gasteiger partial charge on any atom is 0.322 e. The highest BCUT2D eigenvalue weighted by Gasteiger charge is 2.14. The summed E-state index contributed by atoms with van der Waals surface area (Å²) in [5.74, 6) is -1.22. The van der Waals surface area contributed by atoms with Crippen molar-refractivity contribution in [2.45, 2.75) is 213 Å². The Labute approximate surface area is 266 Å². The van der Waals surface area contributed by atoms with E-state index in [0.717, 1.165) is 64.2 Å². The van der Waals surface area contributed by atoms with Gasteiger partial charge in [0.15, 0.2) is 0 Å². The second-order valence-electron chi connectivity index (χ2n) is 12.8. The smallest absolute Gasteiger partial charge is 0.322 e. The van der Waals surface area contributed by atoms with E-state index in [4.69, 9.17) is 9.84 Å². The number of carbonyl (C=O) groups is 3. The molecule has 0 aliphatic carbocycles. The second-order valence-corrected chi connectivity index (χ2v) is 12.8. The van der Waals surface area contributed by atoms with Crippen LogP contribution in [0.4, 0.5) is 0 Å². The first-order chi connectivity index (χ1) is 21.0. The van der Waals surface area contributed by atoms with Crippen molar-refractivity contribution in [1.82, 2.24) is 5.32 Å². The minimum Gasteiger partial charge on any atom is -0.480 e. The number of esters is 1. The number of aliphatic carboxylic acids is 1. The van der Waals surface area contributed by atoms with Gasteiger partial charge in [0, 0.05) is 12.8 Å². The molecule has 0 heterocycles. The van der Waals surface area contributed by atoms with Crippen LogP contribution in [0.15, 0.2) is 0 Å². The van der Waals surface area contributed by atoms with Crippen molar-refractivity contribution in [1.29, 1.82) is 0 Å². The predicted molar refractivity (Wildman–Crippen MR) is 180 cm³/mol. The van der Waals surface area contributed by atoms with Gasteiger partial charge in [0.05, 0.1) is 0 Å². The molecule has 0 rings (SSSR count). The Hall–Kier alpha value is -1.59. The van der Waals surface area contributed by atoms with Crippen LogP contribution in [-0.4, -0.2) is 35.6 Å². The average Bonchev–Trinajstić information content (AvgIpc) is 2.99. The summed E-state index contributed by atoms with van der Waals surface area (Å²) in [4.78, 5) is 34.8. The molecule has 0 saturated heterocycles. The van der Waals surface area contributed by atoms with Crippen LogP contribution >= 0.6 is 0 Å². The molecule has 0 aliphatic heterocycles. The van der Waals surface area contributed by atoms with Crippen molar-refractivity contribution in [3.05, 3.63) is 0 Å². The maximum atomic E-state index is 12.6. The van der Waals surface area contributed by atoms with E-state index in [0.29, 0.717) is 12.8 Å². The largest absolute Gasteiger partial charge is 0.480 e. The molecule has 0 radical (unpaired) electrons. The van der Waals surface area contributed by atoms with Gasteiger partial charge < -0.3 is 15.2 Å². The lowest BCUT2D eigenvalue weighted by atomic mass is 10.0. The number of carboxylic acids is 1. The molecular weight excluding hydrogens is 538 g/mol. The lowest BCUT2D eigenvalue weighted by Gasteiger charge is -2.18. The van der Waals surface area contributed by atoms with Crippen LogP contribution in [0.2, 0.25) is 0 Å². The molecule has 0 aromatic heterocycles. The van der Waals surface area contributed by atoms with Crippen molar-refractivity contribution in [2.75, 3.05) is 6.54 Å². The Kier molecular flexibility index (Phi) is 32.1. The summed E-state index contributed by atoms with van der Waals surface area (Å²) in [5, 5.41) is 11.1. The van der Waals surface area contributed by atoms with E-state index in [-0.39, 0.29) is 24.5 Å². The van der Waals surface area contributed by atoms with E-state index < -0.39 is 5.97 Å². The molecule has 0 aromatic rings. The van der Waals surface area contributed by atoms with Gasteiger partial charge in [0.1, 0.15) is 12.6 Å². The summed E-state index contributed by atoms with van der Waals surface area (Å²) in [6.45, 7) is 4.22. The van der Waals surface area contributed by atoms with Crippen molar-refractivity contribution >= 4 is 17.8 Å². The molecule has 6 nitrogen and oxygen atoms in total. The van der Waals surface area contributed by atoms with Crippen molar-refractivity contribution in [3.63, 3.8) is 0 Å². The molecule has 0 spiro atoms. The Morgan fingerprint density at radius 3 is 1.26 bits per heavy atom. The normalized spacial score (nSPS) is 11.9. The summed E-state index contributed by atoms with van der Waals surface area (Å²) in [6, 6.07) is 0. The monoisotopic (exact) mass is 610 g/mol. The van der Waals surface area contributed by atoms with Crippen LogP contribution in [-0.2, 0) is 19.1 Å². The number of rotatable bonds is 34. The van der Waals surface area contributed by atoms with E-state index in [1.54, 1.807) is 0 Å². The molecule has 0 aliphatic rings. The van der Waals surface area contributed by atoms with Crippen LogP contribution in [0.1, 0.15) is 206 Å². The molecular formula is C37H71NO5. The maximum absolute atomic E-state index is 12.6. The Bertz CT molecular complexity index is 638. The number of carboxylic acid groups (broad SMARTS) is 1. The van der Waals surface area contributed by atoms with Gasteiger partial charge in [-0.1, -0.05) is 155 Å². The SMILES string of the molecule is CCCCCCCCCCCCCC(CCCCCCCC(=O)NCC(=O)O)OC(=O)CCCCCCCCCCCC. The highest BCUT2D eigenvalue weighted by Crippen LogP contribution is 2.19. The molecule has 43 heavy (non-hydrogen) atoms. The Morgan fingerprint density at radius 2 is 0.860 bits per heavy atom. The van der Waals surface area contributed by atoms with E-state index in [9.17, 15) is 14.4 Å². The number of hydrogen-bond acceptors (Lipinski definition) is 4. The number of hydrogen-bond donors (Lipinski definition) is 2. The van der Waals surface area contributed by atoms with Crippen molar-refractivity contribution < 1.29 is 24.2 Å². The molecule has 6 heteroatoms. The summed E-state index contributed by atoms with van der Waals surface area (Å²) in [5.41, 5.74) is 0. The van der Waals surface area contributed by atoms with Gasteiger partial charge in [0.2, 0.25) is 5.91 Å². The fraction of sp³-hybridized carbons (Fsp3) is 0.919. The first-order valence-electron chi connectivity index (χ1n) is 18.7. The van der Waals surface area contributed by atoms with Gasteiger partial charge in [0.25, 0.3) is 0 Å². The highest BCUT2D eigenvalue weighted by atomic mass is 16.5. The first kappa shape index (κ1) is 41.4. The fourth-order valence-corrected chi connectivity index (χ4v) is 5.75. The lowest BCUT2D eigenvalue weighted by Crippen LogP contribution is -2.28. The topological polar surface area (TPSA) is 92.7 Å². The first-order valence-corrected chi connectivity index (χ1v) is 18.7. The van der Waals surface area contributed by atoms with E-state index in [2.05, 4.69) is 19.2 Å². The molecule has 0 fully saturated rings. The number of carbonyl (C=O) groups excluding carboxylic acids is 2. The van der Waals surface area contributed by atoms with Gasteiger partial charge >= 0.3 is 11.9 Å². The minimum atomic E-state index is -1.01. The molecule has 1 unspecified atom stereocenters. The molecule has 254 valence electrons. The van der Waals surface area contributed by atoms with Crippen LogP contribution in [0.25, 0.3) is 0 Å². The molecule has 1 amide bonds. The summed E-state index contributed by atoms with van der Waals surface area (Å²) in [6.07, 6.45) is 35.0. The zero-order valence-electron chi connectivity index (χ0n) is 28.6. The number of amides is 1. The van der Waals surface area contributed by atoms with E-state index in [1.165, 1.54) is 116 Å². The third-order valence-corrected chi connectivity index (χ3v) is 8.53. The van der Waals surface area contributed by atoms with Crippen LogP contribution in [0.3, 0.4) is 0 Å². The molecule has 0 bridgehead atoms. The summed E-state index contributed by atoms with van der Waals surface area (Å²) >= 11 is 0. The standard InChI is InChI=1S/C37H71NO5/c1-3-5-7-9-11-13-15-16-18-21-25-29-34(30-26-22-20-23-27-31-35(39)38-33-36(40)41)43-37(42)32-28-24-19-17-14-12-10-8-6-4-2/h34H,3-33H2,1-2H3,(H,38,39)(H,40,41). The second kappa shape index (κ2) is 33.3. The molecule has 1 atom stereocenters. The third kappa shape index (κ3) is 33.1. The minimum absolute atomic E-state index is 0.0139. The van der Waals surface area contributed by atoms with Gasteiger partial charge in [-0.15, -0.1) is 0 Å². The predicted octanol–water partition coefficient (Wildman–Crippen LogP) is 10.8. The van der Waals surface area contributed by atoms with E-state index >= 15 is 0 Å². The van der Waals surface area contributed by atoms with Crippen LogP contribution in [0.5, 0.6) is 0 Å². The van der Waals surface area contributed by atoms with Crippen molar-refractivity contribution in [2.24, 2.45) is 0 Å². The van der Waals surface area contributed by atoms with Crippen LogP contribution in [0, 0.1) is 0 Å². The number of nitrogens with one attached hydrogen (secondary N) is 1. The Balaban J connectivity index is 4.15. The van der Waals surface area contributed by atoms with Crippen molar-refractivity contribution in [3.8, 4) is 0 Å². The molecule has 2 N–H and O–H groups in total.